The first-order valence-corrected chi connectivity index (χ1v) is 12.6. The molecule has 36 heavy (non-hydrogen) atoms. The van der Waals surface area contributed by atoms with Crippen molar-refractivity contribution in [1.29, 1.82) is 0 Å². The Morgan fingerprint density at radius 3 is 2.03 bits per heavy atom. The van der Waals surface area contributed by atoms with E-state index in [1.807, 2.05) is 67.6 Å². The molecule has 0 amide bonds. The number of Topliss-reactive ketones (excluding diaryl/α,β-unsaturated/α-hetero) is 1. The lowest BCUT2D eigenvalue weighted by atomic mass is 9.97. The van der Waals surface area contributed by atoms with Gasteiger partial charge in [0.05, 0.1) is 12.0 Å². The molecule has 5 heteroatoms. The number of hydrogen-bond acceptors (Lipinski definition) is 5. The van der Waals surface area contributed by atoms with Crippen molar-refractivity contribution in [2.45, 2.75) is 45.6 Å². The molecule has 1 saturated heterocycles. The summed E-state index contributed by atoms with van der Waals surface area (Å²) in [4.78, 5) is 27.3. The third-order valence-electron chi connectivity index (χ3n) is 6.43. The Morgan fingerprint density at radius 2 is 1.53 bits per heavy atom. The van der Waals surface area contributed by atoms with Gasteiger partial charge in [-0.25, -0.2) is 0 Å². The molecule has 3 aromatic rings. The molecule has 0 bridgehead atoms. The average molecular weight is 484 g/mol. The van der Waals surface area contributed by atoms with Gasteiger partial charge in [-0.15, -0.1) is 0 Å². The van der Waals surface area contributed by atoms with Crippen LogP contribution in [-0.2, 0) is 19.1 Å². The number of carbonyl (C=O) groups excluding carboxylic acids is 2. The van der Waals surface area contributed by atoms with Crippen LogP contribution in [0.15, 0.2) is 90.7 Å². The molecule has 0 N–H and O–H groups in total. The fourth-order valence-electron chi connectivity index (χ4n) is 4.44. The first kappa shape index (κ1) is 25.4. The number of nitrogens with zero attached hydrogens (tertiary/aromatic N) is 1. The third-order valence-corrected chi connectivity index (χ3v) is 6.43. The number of rotatable bonds is 10. The van der Waals surface area contributed by atoms with Crippen molar-refractivity contribution in [3.63, 3.8) is 0 Å². The first-order valence-electron chi connectivity index (χ1n) is 12.6. The van der Waals surface area contributed by atoms with Crippen LogP contribution in [0.25, 0.3) is 6.08 Å². The van der Waals surface area contributed by atoms with Crippen LogP contribution in [0.3, 0.4) is 0 Å². The summed E-state index contributed by atoms with van der Waals surface area (Å²) in [6.45, 7) is 4.12. The highest BCUT2D eigenvalue weighted by atomic mass is 16.5. The lowest BCUT2D eigenvalue weighted by molar-refractivity contribution is -0.147. The van der Waals surface area contributed by atoms with Gasteiger partial charge in [-0.1, -0.05) is 55.5 Å². The van der Waals surface area contributed by atoms with Crippen molar-refractivity contribution in [2.24, 2.45) is 5.92 Å². The first-order chi connectivity index (χ1) is 17.5. The van der Waals surface area contributed by atoms with E-state index in [9.17, 15) is 9.59 Å². The zero-order chi connectivity index (χ0) is 25.3. The van der Waals surface area contributed by atoms with Crippen molar-refractivity contribution in [3.8, 4) is 0 Å². The summed E-state index contributed by atoms with van der Waals surface area (Å²) in [6, 6.07) is 28.1. The van der Waals surface area contributed by atoms with Crippen molar-refractivity contribution >= 4 is 34.9 Å². The van der Waals surface area contributed by atoms with Gasteiger partial charge in [-0.2, -0.15) is 0 Å². The largest absolute Gasteiger partial charge is 0.422 e. The molecule has 5 nitrogen and oxygen atoms in total. The van der Waals surface area contributed by atoms with Crippen LogP contribution in [0, 0.1) is 5.92 Å². The summed E-state index contributed by atoms with van der Waals surface area (Å²) in [5.74, 6) is -0.884. The number of hydrogen-bond donors (Lipinski definition) is 0. The molecule has 0 radical (unpaired) electrons. The number of allylic oxidation sites excluding steroid dienone is 1. The van der Waals surface area contributed by atoms with E-state index in [0.717, 1.165) is 42.1 Å². The van der Waals surface area contributed by atoms with Crippen LogP contribution in [0.1, 0.15) is 45.1 Å². The van der Waals surface area contributed by atoms with Gasteiger partial charge in [0.15, 0.2) is 11.5 Å². The van der Waals surface area contributed by atoms with Crippen LogP contribution in [0.5, 0.6) is 0 Å². The molecule has 1 aliphatic heterocycles. The van der Waals surface area contributed by atoms with Crippen molar-refractivity contribution in [1.82, 2.24) is 0 Å². The minimum Gasteiger partial charge on any atom is -0.422 e. The van der Waals surface area contributed by atoms with Gasteiger partial charge in [0.1, 0.15) is 0 Å². The van der Waals surface area contributed by atoms with Crippen LogP contribution in [0.4, 0.5) is 17.1 Å². The topological polar surface area (TPSA) is 55.8 Å². The Morgan fingerprint density at radius 1 is 0.944 bits per heavy atom. The normalized spacial score (nSPS) is 16.4. The Kier molecular flexibility index (Phi) is 8.69. The lowest BCUT2D eigenvalue weighted by Crippen LogP contribution is -2.23. The number of carbonyl (C=O) groups is 2. The minimum absolute atomic E-state index is 0.0570. The fourth-order valence-corrected chi connectivity index (χ4v) is 4.44. The molecular weight excluding hydrogens is 450 g/mol. The standard InChI is InChI=1S/C31H33NO4/c1-3-25(22-29-15-10-20-35-29)31(34)36-30(23(2)33)21-24-16-18-28(19-17-24)32(26-11-6-4-7-12-26)27-13-8-5-9-14-27/h4-9,11-14,16-19,21,25,29H,3,10,15,20,22H2,1-2H3/b30-21+. The van der Waals surface area contributed by atoms with E-state index in [-0.39, 0.29) is 29.5 Å². The predicted molar refractivity (Wildman–Crippen MR) is 143 cm³/mol. The van der Waals surface area contributed by atoms with Crippen LogP contribution in [0.2, 0.25) is 0 Å². The number of ketones is 1. The zero-order valence-corrected chi connectivity index (χ0v) is 20.9. The van der Waals surface area contributed by atoms with Crippen LogP contribution in [-0.4, -0.2) is 24.5 Å². The molecule has 1 fully saturated rings. The van der Waals surface area contributed by atoms with Gasteiger partial charge in [-0.05, 0) is 73.7 Å². The van der Waals surface area contributed by atoms with Gasteiger partial charge in [0.25, 0.3) is 0 Å². The molecule has 3 aromatic carbocycles. The number of anilines is 3. The molecule has 2 unspecified atom stereocenters. The number of ether oxygens (including phenoxy) is 2. The smallest absolute Gasteiger partial charge is 0.314 e. The van der Waals surface area contributed by atoms with Crippen LogP contribution >= 0.6 is 0 Å². The molecule has 186 valence electrons. The van der Waals surface area contributed by atoms with E-state index in [1.165, 1.54) is 6.92 Å². The number of benzene rings is 3. The van der Waals surface area contributed by atoms with E-state index in [1.54, 1.807) is 6.08 Å². The van der Waals surface area contributed by atoms with Gasteiger partial charge in [-0.3, -0.25) is 9.59 Å². The monoisotopic (exact) mass is 483 g/mol. The van der Waals surface area contributed by atoms with E-state index >= 15 is 0 Å². The summed E-state index contributed by atoms with van der Waals surface area (Å²) in [7, 11) is 0. The van der Waals surface area contributed by atoms with Gasteiger partial charge in [0.2, 0.25) is 0 Å². The summed E-state index contributed by atoms with van der Waals surface area (Å²) < 4.78 is 11.3. The Balaban J connectivity index is 1.54. The second-order valence-corrected chi connectivity index (χ2v) is 9.06. The van der Waals surface area contributed by atoms with Gasteiger partial charge in [0, 0.05) is 30.6 Å². The van der Waals surface area contributed by atoms with E-state index in [0.29, 0.717) is 12.8 Å². The van der Waals surface area contributed by atoms with Crippen molar-refractivity contribution < 1.29 is 19.1 Å². The minimum atomic E-state index is -0.370. The molecule has 0 saturated carbocycles. The predicted octanol–water partition coefficient (Wildman–Crippen LogP) is 7.22. The average Bonchev–Trinajstić information content (AvgIpc) is 3.42. The van der Waals surface area contributed by atoms with E-state index in [4.69, 9.17) is 9.47 Å². The highest BCUT2D eigenvalue weighted by Gasteiger charge is 2.27. The summed E-state index contributed by atoms with van der Waals surface area (Å²) >= 11 is 0. The highest BCUT2D eigenvalue weighted by molar-refractivity contribution is 5.98. The maximum atomic E-state index is 12.8. The maximum absolute atomic E-state index is 12.8. The van der Waals surface area contributed by atoms with Crippen LogP contribution < -0.4 is 4.90 Å². The number of esters is 1. The van der Waals surface area contributed by atoms with Crippen molar-refractivity contribution in [2.75, 3.05) is 11.5 Å². The van der Waals surface area contributed by atoms with Gasteiger partial charge >= 0.3 is 5.97 Å². The summed E-state index contributed by atoms with van der Waals surface area (Å²) in [5, 5.41) is 0. The highest BCUT2D eigenvalue weighted by Crippen LogP contribution is 2.34. The molecule has 0 aliphatic carbocycles. The molecule has 0 spiro atoms. The zero-order valence-electron chi connectivity index (χ0n) is 20.9. The molecule has 4 rings (SSSR count). The Hall–Kier alpha value is -3.70. The molecule has 1 aliphatic rings. The second kappa shape index (κ2) is 12.3. The second-order valence-electron chi connectivity index (χ2n) is 9.06. The summed E-state index contributed by atoms with van der Waals surface area (Å²) in [6.07, 6.45) is 5.00. The van der Waals surface area contributed by atoms with Gasteiger partial charge < -0.3 is 14.4 Å². The fraction of sp³-hybridized carbons (Fsp3) is 0.290. The number of para-hydroxylation sites is 2. The Labute approximate surface area is 213 Å². The van der Waals surface area contributed by atoms with E-state index in [2.05, 4.69) is 29.2 Å². The molecule has 1 heterocycles. The molecule has 0 aromatic heterocycles. The SMILES string of the molecule is CCC(CC1CCCO1)C(=O)O/C(=C/c1ccc(N(c2ccccc2)c2ccccc2)cc1)C(C)=O. The summed E-state index contributed by atoms with van der Waals surface area (Å²) in [5.41, 5.74) is 3.85. The molecule has 2 atom stereocenters. The molecular formula is C31H33NO4. The lowest BCUT2D eigenvalue weighted by Gasteiger charge is -2.25. The quantitative estimate of drug-likeness (QED) is 0.173. The van der Waals surface area contributed by atoms with E-state index < -0.39 is 0 Å². The Bertz CT molecular complexity index is 1130. The van der Waals surface area contributed by atoms with Crippen molar-refractivity contribution in [3.05, 3.63) is 96.3 Å². The third kappa shape index (κ3) is 6.49. The maximum Gasteiger partial charge on any atom is 0.314 e.